The first-order valence-electron chi connectivity index (χ1n) is 3.78. The van der Waals surface area contributed by atoms with Gasteiger partial charge in [-0.3, -0.25) is 0 Å². The minimum absolute atomic E-state index is 0.112. The normalized spacial score (nSPS) is 12.3. The van der Waals surface area contributed by atoms with Gasteiger partial charge in [0.15, 0.2) is 0 Å². The number of aromatic nitrogens is 2. The van der Waals surface area contributed by atoms with E-state index in [4.69, 9.17) is 0 Å². The molecule has 6 heteroatoms. The lowest BCUT2D eigenvalue weighted by Crippen LogP contribution is -2.07. The molecule has 74 valence electrons. The minimum atomic E-state index is -4.36. The highest BCUT2D eigenvalue weighted by Crippen LogP contribution is 2.33. The lowest BCUT2D eigenvalue weighted by Gasteiger charge is -2.08. The van der Waals surface area contributed by atoms with Gasteiger partial charge in [0.1, 0.15) is 11.0 Å². The number of hydrogen-bond acceptors (Lipinski definition) is 3. The third kappa shape index (κ3) is 1.32. The van der Waals surface area contributed by atoms with Crippen molar-refractivity contribution in [3.05, 3.63) is 23.3 Å². The maximum Gasteiger partial charge on any atom is 0.416 e. The van der Waals surface area contributed by atoms with Crippen molar-refractivity contribution in [2.24, 2.45) is 0 Å². The van der Waals surface area contributed by atoms with E-state index in [9.17, 15) is 13.2 Å². The van der Waals surface area contributed by atoms with Crippen molar-refractivity contribution in [2.75, 3.05) is 0 Å². The first-order chi connectivity index (χ1) is 6.48. The molecule has 2 rings (SSSR count). The average molecular weight is 202 g/mol. The first-order valence-corrected chi connectivity index (χ1v) is 3.78. The molecule has 1 heterocycles. The van der Waals surface area contributed by atoms with E-state index < -0.39 is 11.7 Å². The highest BCUT2D eigenvalue weighted by molar-refractivity contribution is 5.75. The van der Waals surface area contributed by atoms with Crippen LogP contribution in [0.4, 0.5) is 13.2 Å². The van der Waals surface area contributed by atoms with Crippen LogP contribution in [0.25, 0.3) is 11.0 Å². The average Bonchev–Trinajstić information content (AvgIpc) is 2.47. The third-order valence-corrected chi connectivity index (χ3v) is 1.91. The van der Waals surface area contributed by atoms with Gasteiger partial charge in [0.25, 0.3) is 0 Å². The van der Waals surface area contributed by atoms with Gasteiger partial charge in [0.05, 0.1) is 5.56 Å². The van der Waals surface area contributed by atoms with E-state index in [1.54, 1.807) is 0 Å². The van der Waals surface area contributed by atoms with E-state index in [2.05, 4.69) is 14.9 Å². The van der Waals surface area contributed by atoms with Gasteiger partial charge in [-0.15, -0.1) is 0 Å². The van der Waals surface area contributed by atoms with Crippen LogP contribution in [0.1, 0.15) is 11.1 Å². The molecule has 1 aromatic carbocycles. The molecule has 2 aromatic rings. The fraction of sp³-hybridized carbons (Fsp3) is 0.250. The van der Waals surface area contributed by atoms with Gasteiger partial charge in [-0.05, 0) is 34.9 Å². The predicted octanol–water partition coefficient (Wildman–Crippen LogP) is 2.55. The fourth-order valence-corrected chi connectivity index (χ4v) is 1.24. The maximum atomic E-state index is 12.4. The summed E-state index contributed by atoms with van der Waals surface area (Å²) in [6.07, 6.45) is -4.36. The highest BCUT2D eigenvalue weighted by atomic mass is 19.4. The Hall–Kier alpha value is -1.59. The second kappa shape index (κ2) is 2.70. The van der Waals surface area contributed by atoms with Crippen LogP contribution in [0.5, 0.6) is 0 Å². The second-order valence-electron chi connectivity index (χ2n) is 2.92. The van der Waals surface area contributed by atoms with E-state index in [-0.39, 0.29) is 11.1 Å². The standard InChI is InChI=1S/C8H5F3N2O/c1-4-2-6-7(13-14-12-6)3-5(4)8(9,10)11/h2-3H,1H3. The Morgan fingerprint density at radius 1 is 1.14 bits per heavy atom. The lowest BCUT2D eigenvalue weighted by molar-refractivity contribution is -0.137. The van der Waals surface area contributed by atoms with Crippen molar-refractivity contribution in [2.45, 2.75) is 13.1 Å². The van der Waals surface area contributed by atoms with Crippen molar-refractivity contribution in [3.8, 4) is 0 Å². The Labute approximate surface area is 76.5 Å². The van der Waals surface area contributed by atoms with Crippen molar-refractivity contribution >= 4 is 11.0 Å². The molecule has 0 fully saturated rings. The van der Waals surface area contributed by atoms with E-state index in [1.807, 2.05) is 0 Å². The lowest BCUT2D eigenvalue weighted by atomic mass is 10.1. The van der Waals surface area contributed by atoms with Crippen LogP contribution in [0.3, 0.4) is 0 Å². The Morgan fingerprint density at radius 2 is 1.71 bits per heavy atom. The molecule has 14 heavy (non-hydrogen) atoms. The zero-order valence-corrected chi connectivity index (χ0v) is 7.09. The molecule has 3 nitrogen and oxygen atoms in total. The summed E-state index contributed by atoms with van der Waals surface area (Å²) in [5.41, 5.74) is -0.153. The Morgan fingerprint density at radius 3 is 2.29 bits per heavy atom. The van der Waals surface area contributed by atoms with Crippen LogP contribution in [-0.2, 0) is 6.18 Å². The van der Waals surface area contributed by atoms with Crippen LogP contribution >= 0.6 is 0 Å². The van der Waals surface area contributed by atoms with E-state index >= 15 is 0 Å². The number of halogens is 3. The smallest absolute Gasteiger partial charge is 0.243 e. The van der Waals surface area contributed by atoms with Gasteiger partial charge in [-0.1, -0.05) is 0 Å². The van der Waals surface area contributed by atoms with E-state index in [0.717, 1.165) is 6.07 Å². The molecule has 0 aliphatic heterocycles. The van der Waals surface area contributed by atoms with Crippen molar-refractivity contribution in [3.63, 3.8) is 0 Å². The Bertz CT molecular complexity index is 475. The molecule has 1 aromatic heterocycles. The van der Waals surface area contributed by atoms with Gasteiger partial charge in [-0.2, -0.15) is 13.2 Å². The summed E-state index contributed by atoms with van der Waals surface area (Å²) < 4.78 is 41.5. The van der Waals surface area contributed by atoms with Crippen LogP contribution < -0.4 is 0 Å². The van der Waals surface area contributed by atoms with Crippen LogP contribution in [0.2, 0.25) is 0 Å². The summed E-state index contributed by atoms with van der Waals surface area (Å²) in [4.78, 5) is 0. The van der Waals surface area contributed by atoms with Crippen LogP contribution in [-0.4, -0.2) is 10.3 Å². The monoisotopic (exact) mass is 202 g/mol. The Balaban J connectivity index is 2.71. The zero-order chi connectivity index (χ0) is 10.3. The molecule has 0 aliphatic carbocycles. The predicted molar refractivity (Wildman–Crippen MR) is 41.5 cm³/mol. The molecule has 0 bridgehead atoms. The molecule has 0 saturated heterocycles. The number of alkyl halides is 3. The quantitative estimate of drug-likeness (QED) is 0.658. The molecular formula is C8H5F3N2O. The number of benzene rings is 1. The minimum Gasteiger partial charge on any atom is -0.243 e. The molecule has 0 amide bonds. The number of nitrogens with zero attached hydrogens (tertiary/aromatic N) is 2. The molecule has 0 aliphatic rings. The third-order valence-electron chi connectivity index (χ3n) is 1.91. The number of fused-ring (bicyclic) bond motifs is 1. The summed E-state index contributed by atoms with van der Waals surface area (Å²) in [5, 5.41) is 6.80. The summed E-state index contributed by atoms with van der Waals surface area (Å²) in [5.74, 6) is 0. The van der Waals surface area contributed by atoms with Crippen LogP contribution in [0, 0.1) is 6.92 Å². The highest BCUT2D eigenvalue weighted by Gasteiger charge is 2.33. The summed E-state index contributed by atoms with van der Waals surface area (Å²) in [6.45, 7) is 1.37. The van der Waals surface area contributed by atoms with Crippen molar-refractivity contribution < 1.29 is 17.8 Å². The molecule has 0 unspecified atom stereocenters. The van der Waals surface area contributed by atoms with E-state index in [0.29, 0.717) is 5.52 Å². The van der Waals surface area contributed by atoms with Gasteiger partial charge >= 0.3 is 6.18 Å². The number of hydrogen-bond donors (Lipinski definition) is 0. The second-order valence-corrected chi connectivity index (χ2v) is 2.92. The molecule has 0 N–H and O–H groups in total. The Kier molecular flexibility index (Phi) is 1.73. The van der Waals surface area contributed by atoms with Gasteiger partial charge < -0.3 is 0 Å². The summed E-state index contributed by atoms with van der Waals surface area (Å²) in [6, 6.07) is 2.23. The number of rotatable bonds is 0. The van der Waals surface area contributed by atoms with E-state index in [1.165, 1.54) is 13.0 Å². The molecule has 0 radical (unpaired) electrons. The van der Waals surface area contributed by atoms with Crippen LogP contribution in [0.15, 0.2) is 16.8 Å². The molecule has 0 spiro atoms. The summed E-state index contributed by atoms with van der Waals surface area (Å²) >= 11 is 0. The van der Waals surface area contributed by atoms with Gasteiger partial charge in [0.2, 0.25) is 0 Å². The topological polar surface area (TPSA) is 38.9 Å². The fourth-order valence-electron chi connectivity index (χ4n) is 1.24. The van der Waals surface area contributed by atoms with Gasteiger partial charge in [0, 0.05) is 0 Å². The van der Waals surface area contributed by atoms with Crippen molar-refractivity contribution in [1.82, 2.24) is 10.3 Å². The molecule has 0 saturated carbocycles. The maximum absolute atomic E-state index is 12.4. The van der Waals surface area contributed by atoms with Crippen molar-refractivity contribution in [1.29, 1.82) is 0 Å². The molecule has 0 atom stereocenters. The SMILES string of the molecule is Cc1cc2nonc2cc1C(F)(F)F. The molecular weight excluding hydrogens is 197 g/mol. The number of aryl methyl sites for hydroxylation is 1. The zero-order valence-electron chi connectivity index (χ0n) is 7.09. The summed E-state index contributed by atoms with van der Waals surface area (Å²) in [7, 11) is 0. The van der Waals surface area contributed by atoms with Gasteiger partial charge in [-0.25, -0.2) is 4.63 Å². The largest absolute Gasteiger partial charge is 0.416 e. The first kappa shape index (κ1) is 8.98.